The van der Waals surface area contributed by atoms with Crippen LogP contribution in [0.15, 0.2) is 11.1 Å². The highest BCUT2D eigenvalue weighted by Crippen LogP contribution is 2.04. The summed E-state index contributed by atoms with van der Waals surface area (Å²) in [6.07, 6.45) is 1.52. The van der Waals surface area contributed by atoms with Crippen LogP contribution in [0.5, 0.6) is 0 Å². The van der Waals surface area contributed by atoms with Gasteiger partial charge in [-0.25, -0.2) is 14.7 Å². The molecule has 0 aromatic carbocycles. The van der Waals surface area contributed by atoms with Gasteiger partial charge >= 0.3 is 11.7 Å². The summed E-state index contributed by atoms with van der Waals surface area (Å²) in [5, 5.41) is 16.9. The van der Waals surface area contributed by atoms with Crippen molar-refractivity contribution in [2.75, 3.05) is 0 Å². The number of carboxylic acids is 1. The molecule has 1 aromatic rings. The molecule has 0 saturated heterocycles. The third kappa shape index (κ3) is 4.04. The molecule has 0 saturated carbocycles. The number of carbonyl (C=O) groups is 2. The second-order valence-corrected chi connectivity index (χ2v) is 4.38. The van der Waals surface area contributed by atoms with Crippen LogP contribution in [0.2, 0.25) is 0 Å². The van der Waals surface area contributed by atoms with Crippen molar-refractivity contribution >= 4 is 11.9 Å². The Labute approximate surface area is 103 Å². The van der Waals surface area contributed by atoms with Gasteiger partial charge in [0.2, 0.25) is 5.91 Å². The van der Waals surface area contributed by atoms with Crippen LogP contribution in [0.4, 0.5) is 0 Å². The van der Waals surface area contributed by atoms with Crippen LogP contribution in [0.3, 0.4) is 0 Å². The largest absolute Gasteiger partial charge is 0.480 e. The van der Waals surface area contributed by atoms with Crippen LogP contribution in [-0.2, 0) is 16.1 Å². The molecule has 1 atom stereocenters. The first-order valence-corrected chi connectivity index (χ1v) is 5.52. The maximum atomic E-state index is 11.6. The summed E-state index contributed by atoms with van der Waals surface area (Å²) in [6, 6.07) is -0.944. The summed E-state index contributed by atoms with van der Waals surface area (Å²) in [5.74, 6) is -1.48. The molecule has 100 valence electrons. The van der Waals surface area contributed by atoms with Gasteiger partial charge in [-0.05, 0) is 12.3 Å². The predicted molar refractivity (Wildman–Crippen MR) is 61.9 cm³/mol. The lowest BCUT2D eigenvalue weighted by atomic mass is 10.0. The molecule has 0 spiro atoms. The quantitative estimate of drug-likeness (QED) is 0.615. The zero-order chi connectivity index (χ0) is 13.7. The SMILES string of the molecule is CC(C)C[C@@H](NC(=O)Cn1cn[nH]c1=O)C(=O)O. The number of carboxylic acid groups (broad SMARTS) is 1. The Balaban J connectivity index is 2.59. The van der Waals surface area contributed by atoms with Gasteiger partial charge < -0.3 is 10.4 Å². The Morgan fingerprint density at radius 2 is 2.22 bits per heavy atom. The molecule has 0 radical (unpaired) electrons. The van der Waals surface area contributed by atoms with Crippen molar-refractivity contribution < 1.29 is 14.7 Å². The summed E-state index contributed by atoms with van der Waals surface area (Å²) in [6.45, 7) is 3.47. The molecule has 0 aliphatic heterocycles. The highest BCUT2D eigenvalue weighted by atomic mass is 16.4. The van der Waals surface area contributed by atoms with Gasteiger partial charge in [-0.3, -0.25) is 9.36 Å². The van der Waals surface area contributed by atoms with Crippen LogP contribution in [0.1, 0.15) is 20.3 Å². The minimum atomic E-state index is -1.09. The normalized spacial score (nSPS) is 12.4. The number of rotatable bonds is 6. The van der Waals surface area contributed by atoms with Gasteiger partial charge in [0, 0.05) is 0 Å². The van der Waals surface area contributed by atoms with Crippen molar-refractivity contribution in [3.63, 3.8) is 0 Å². The highest BCUT2D eigenvalue weighted by molar-refractivity contribution is 5.83. The summed E-state index contributed by atoms with van der Waals surface area (Å²) >= 11 is 0. The number of amides is 1. The van der Waals surface area contributed by atoms with Gasteiger partial charge in [0.1, 0.15) is 18.9 Å². The minimum absolute atomic E-state index is 0.142. The first kappa shape index (κ1) is 13.9. The number of carbonyl (C=O) groups excluding carboxylic acids is 1. The Hall–Kier alpha value is -2.12. The molecule has 0 aliphatic carbocycles. The van der Waals surface area contributed by atoms with E-state index in [9.17, 15) is 14.4 Å². The summed E-state index contributed by atoms with van der Waals surface area (Å²) in [5.41, 5.74) is -0.513. The van der Waals surface area contributed by atoms with Crippen LogP contribution in [0.25, 0.3) is 0 Å². The predicted octanol–water partition coefficient (Wildman–Crippen LogP) is -0.813. The number of nitrogens with one attached hydrogen (secondary N) is 2. The molecule has 1 aromatic heterocycles. The zero-order valence-electron chi connectivity index (χ0n) is 10.2. The third-order valence-electron chi connectivity index (χ3n) is 2.27. The average molecular weight is 256 g/mol. The number of hydrogen-bond acceptors (Lipinski definition) is 4. The average Bonchev–Trinajstić information content (AvgIpc) is 2.62. The standard InChI is InChI=1S/C10H16N4O4/c1-6(2)3-7(9(16)17)12-8(15)4-14-5-11-13-10(14)18/h5-7H,3-4H2,1-2H3,(H,12,15)(H,13,18)(H,16,17)/t7-/m1/s1. The van der Waals surface area contributed by atoms with Crippen LogP contribution in [-0.4, -0.2) is 37.8 Å². The number of aliphatic carboxylic acids is 1. The van der Waals surface area contributed by atoms with E-state index in [0.717, 1.165) is 4.57 Å². The third-order valence-corrected chi connectivity index (χ3v) is 2.27. The molecule has 3 N–H and O–H groups in total. The van der Waals surface area contributed by atoms with E-state index in [-0.39, 0.29) is 12.5 Å². The number of aromatic amines is 1. The summed E-state index contributed by atoms with van der Waals surface area (Å²) in [7, 11) is 0. The van der Waals surface area contributed by atoms with E-state index >= 15 is 0 Å². The van der Waals surface area contributed by atoms with Gasteiger partial charge in [0.25, 0.3) is 0 Å². The minimum Gasteiger partial charge on any atom is -0.480 e. The van der Waals surface area contributed by atoms with Crippen molar-refractivity contribution in [3.05, 3.63) is 16.8 Å². The number of nitrogens with zero attached hydrogens (tertiary/aromatic N) is 2. The smallest absolute Gasteiger partial charge is 0.343 e. The zero-order valence-corrected chi connectivity index (χ0v) is 10.2. The van der Waals surface area contributed by atoms with E-state index in [1.807, 2.05) is 13.8 Å². The van der Waals surface area contributed by atoms with Gasteiger partial charge in [-0.15, -0.1) is 0 Å². The summed E-state index contributed by atoms with van der Waals surface area (Å²) < 4.78 is 1.06. The van der Waals surface area contributed by atoms with Crippen LogP contribution in [0, 0.1) is 5.92 Å². The lowest BCUT2D eigenvalue weighted by Gasteiger charge is -2.16. The first-order chi connectivity index (χ1) is 8.40. The number of hydrogen-bond donors (Lipinski definition) is 3. The lowest BCUT2D eigenvalue weighted by molar-refractivity contribution is -0.142. The summed E-state index contributed by atoms with van der Waals surface area (Å²) in [4.78, 5) is 33.6. The fraction of sp³-hybridized carbons (Fsp3) is 0.600. The van der Waals surface area contributed by atoms with Crippen molar-refractivity contribution in [3.8, 4) is 0 Å². The number of aromatic nitrogens is 3. The highest BCUT2D eigenvalue weighted by Gasteiger charge is 2.21. The molecular weight excluding hydrogens is 240 g/mol. The van der Waals surface area contributed by atoms with Crippen molar-refractivity contribution in [2.24, 2.45) is 5.92 Å². The lowest BCUT2D eigenvalue weighted by Crippen LogP contribution is -2.43. The fourth-order valence-corrected chi connectivity index (χ4v) is 1.47. The molecular formula is C10H16N4O4. The van der Waals surface area contributed by atoms with E-state index in [1.54, 1.807) is 0 Å². The van der Waals surface area contributed by atoms with Crippen LogP contribution >= 0.6 is 0 Å². The van der Waals surface area contributed by atoms with Crippen molar-refractivity contribution in [1.82, 2.24) is 20.1 Å². The molecule has 8 heteroatoms. The van der Waals surface area contributed by atoms with Gasteiger partial charge in [-0.2, -0.15) is 5.10 Å². The second-order valence-electron chi connectivity index (χ2n) is 4.38. The molecule has 0 aliphatic rings. The Kier molecular flexibility index (Phi) is 4.64. The molecule has 18 heavy (non-hydrogen) atoms. The molecule has 0 unspecified atom stereocenters. The molecule has 1 heterocycles. The van der Waals surface area contributed by atoms with E-state index < -0.39 is 23.6 Å². The van der Waals surface area contributed by atoms with Crippen molar-refractivity contribution in [1.29, 1.82) is 0 Å². The Morgan fingerprint density at radius 3 is 2.67 bits per heavy atom. The molecule has 0 bridgehead atoms. The van der Waals surface area contributed by atoms with Gasteiger partial charge in [-0.1, -0.05) is 13.8 Å². The molecule has 8 nitrogen and oxygen atoms in total. The fourth-order valence-electron chi connectivity index (χ4n) is 1.47. The maximum Gasteiger partial charge on any atom is 0.343 e. The molecule has 1 amide bonds. The van der Waals surface area contributed by atoms with E-state index in [4.69, 9.17) is 5.11 Å². The van der Waals surface area contributed by atoms with Gasteiger partial charge in [0.15, 0.2) is 0 Å². The van der Waals surface area contributed by atoms with E-state index in [1.165, 1.54) is 6.33 Å². The van der Waals surface area contributed by atoms with Crippen molar-refractivity contribution in [2.45, 2.75) is 32.9 Å². The maximum absolute atomic E-state index is 11.6. The van der Waals surface area contributed by atoms with E-state index in [2.05, 4.69) is 15.5 Å². The van der Waals surface area contributed by atoms with Crippen LogP contribution < -0.4 is 11.0 Å². The second kappa shape index (κ2) is 5.99. The topological polar surface area (TPSA) is 117 Å². The number of H-pyrrole nitrogens is 1. The monoisotopic (exact) mass is 256 g/mol. The molecule has 1 rings (SSSR count). The molecule has 0 fully saturated rings. The van der Waals surface area contributed by atoms with Gasteiger partial charge in [0.05, 0.1) is 0 Å². The van der Waals surface area contributed by atoms with E-state index in [0.29, 0.717) is 6.42 Å². The first-order valence-electron chi connectivity index (χ1n) is 5.52. The Bertz CT molecular complexity index is 476. The Morgan fingerprint density at radius 1 is 1.56 bits per heavy atom.